The molecule has 2 heteroatoms. The molecule has 3 atom stereocenters. The Labute approximate surface area is 73.6 Å². The maximum Gasteiger partial charge on any atom is 0.316 e. The van der Waals surface area contributed by atoms with E-state index in [0.717, 1.165) is 6.42 Å². The maximum absolute atomic E-state index is 11.4. The van der Waals surface area contributed by atoms with Gasteiger partial charge in [0.15, 0.2) is 0 Å². The molecule has 1 heterocycles. The zero-order chi connectivity index (χ0) is 9.35. The van der Waals surface area contributed by atoms with E-state index in [9.17, 15) is 4.79 Å². The van der Waals surface area contributed by atoms with Crippen LogP contribution in [0.4, 0.5) is 0 Å². The van der Waals surface area contributed by atoms with Gasteiger partial charge in [0.25, 0.3) is 0 Å². The lowest BCUT2D eigenvalue weighted by Crippen LogP contribution is -2.26. The van der Waals surface area contributed by atoms with Crippen molar-refractivity contribution in [2.24, 2.45) is 11.3 Å². The molecule has 1 aliphatic rings. The van der Waals surface area contributed by atoms with Gasteiger partial charge in [0.05, 0.1) is 5.41 Å². The molecule has 0 spiro atoms. The Balaban J connectivity index is 2.91. The predicted octanol–water partition coefficient (Wildman–Crippen LogP) is 2.15. The molecule has 1 rings (SSSR count). The first kappa shape index (κ1) is 9.30. The van der Waals surface area contributed by atoms with Crippen LogP contribution in [0.1, 0.15) is 27.2 Å². The third-order valence-corrected chi connectivity index (χ3v) is 3.03. The Morgan fingerprint density at radius 1 is 1.75 bits per heavy atom. The number of carbonyl (C=O) groups excluding carboxylic acids is 1. The van der Waals surface area contributed by atoms with Crippen molar-refractivity contribution in [3.63, 3.8) is 0 Å². The Morgan fingerprint density at radius 3 is 2.58 bits per heavy atom. The van der Waals surface area contributed by atoms with E-state index in [1.165, 1.54) is 0 Å². The van der Waals surface area contributed by atoms with Gasteiger partial charge in [-0.25, -0.2) is 0 Å². The van der Waals surface area contributed by atoms with Crippen molar-refractivity contribution in [1.29, 1.82) is 0 Å². The van der Waals surface area contributed by atoms with Crippen molar-refractivity contribution in [3.05, 3.63) is 12.7 Å². The number of hydrogen-bond acceptors (Lipinski definition) is 2. The van der Waals surface area contributed by atoms with Gasteiger partial charge in [0.1, 0.15) is 6.10 Å². The van der Waals surface area contributed by atoms with Crippen molar-refractivity contribution in [1.82, 2.24) is 0 Å². The minimum absolute atomic E-state index is 0.0699. The summed E-state index contributed by atoms with van der Waals surface area (Å²) in [6.07, 6.45) is 2.66. The van der Waals surface area contributed by atoms with Gasteiger partial charge in [-0.15, -0.1) is 6.58 Å². The molecule has 0 unspecified atom stereocenters. The van der Waals surface area contributed by atoms with Crippen LogP contribution in [0.2, 0.25) is 0 Å². The summed E-state index contributed by atoms with van der Waals surface area (Å²) >= 11 is 0. The highest BCUT2D eigenvalue weighted by Gasteiger charge is 2.48. The molecule has 1 aliphatic heterocycles. The molecule has 12 heavy (non-hydrogen) atoms. The van der Waals surface area contributed by atoms with Crippen LogP contribution in [-0.4, -0.2) is 12.1 Å². The molecular weight excluding hydrogens is 152 g/mol. The average Bonchev–Trinajstić information content (AvgIpc) is 2.30. The van der Waals surface area contributed by atoms with E-state index in [4.69, 9.17) is 4.74 Å². The average molecular weight is 168 g/mol. The monoisotopic (exact) mass is 168 g/mol. The zero-order valence-electron chi connectivity index (χ0n) is 7.96. The van der Waals surface area contributed by atoms with Gasteiger partial charge < -0.3 is 4.74 Å². The Bertz CT molecular complexity index is 210. The molecule has 0 amide bonds. The second-order valence-electron chi connectivity index (χ2n) is 3.63. The van der Waals surface area contributed by atoms with Crippen LogP contribution >= 0.6 is 0 Å². The minimum atomic E-state index is -0.472. The fourth-order valence-electron chi connectivity index (χ4n) is 1.64. The van der Waals surface area contributed by atoms with Crippen LogP contribution in [0.25, 0.3) is 0 Å². The largest absolute Gasteiger partial charge is 0.461 e. The molecule has 68 valence electrons. The van der Waals surface area contributed by atoms with Crippen LogP contribution < -0.4 is 0 Å². The number of esters is 1. The standard InChI is InChI=1S/C10H16O2/c1-5-8-7(3)10(4,6-2)9(11)12-8/h6-8H,2,5H2,1,3-4H3/t7-,8-,10-/m1/s1. The van der Waals surface area contributed by atoms with E-state index in [2.05, 4.69) is 6.58 Å². The molecule has 1 saturated heterocycles. The topological polar surface area (TPSA) is 26.3 Å². The molecular formula is C10H16O2. The fraction of sp³-hybridized carbons (Fsp3) is 0.700. The van der Waals surface area contributed by atoms with Gasteiger partial charge in [0.2, 0.25) is 0 Å². The van der Waals surface area contributed by atoms with Crippen LogP contribution in [0, 0.1) is 11.3 Å². The molecule has 0 saturated carbocycles. The number of ether oxygens (including phenoxy) is 1. The fourth-order valence-corrected chi connectivity index (χ4v) is 1.64. The van der Waals surface area contributed by atoms with E-state index in [0.29, 0.717) is 0 Å². The summed E-state index contributed by atoms with van der Waals surface area (Å²) in [5.41, 5.74) is -0.472. The van der Waals surface area contributed by atoms with E-state index in [-0.39, 0.29) is 18.0 Å². The first-order valence-corrected chi connectivity index (χ1v) is 4.41. The van der Waals surface area contributed by atoms with Gasteiger partial charge in [-0.05, 0) is 13.3 Å². The molecule has 0 aromatic carbocycles. The molecule has 2 nitrogen and oxygen atoms in total. The third-order valence-electron chi connectivity index (χ3n) is 3.03. The van der Waals surface area contributed by atoms with Gasteiger partial charge in [-0.3, -0.25) is 4.79 Å². The van der Waals surface area contributed by atoms with E-state index in [1.54, 1.807) is 6.08 Å². The second-order valence-corrected chi connectivity index (χ2v) is 3.63. The van der Waals surface area contributed by atoms with Crippen molar-refractivity contribution in [2.45, 2.75) is 33.3 Å². The molecule has 0 aromatic heterocycles. The molecule has 0 aliphatic carbocycles. The van der Waals surface area contributed by atoms with Crippen molar-refractivity contribution in [2.75, 3.05) is 0 Å². The highest BCUT2D eigenvalue weighted by Crippen LogP contribution is 2.41. The molecule has 0 bridgehead atoms. The quantitative estimate of drug-likeness (QED) is 0.466. The number of hydrogen-bond donors (Lipinski definition) is 0. The van der Waals surface area contributed by atoms with Crippen molar-refractivity contribution >= 4 is 5.97 Å². The lowest BCUT2D eigenvalue weighted by molar-refractivity contribution is -0.146. The number of rotatable bonds is 2. The molecule has 1 fully saturated rings. The zero-order valence-corrected chi connectivity index (χ0v) is 7.96. The Morgan fingerprint density at radius 2 is 2.33 bits per heavy atom. The Kier molecular flexibility index (Phi) is 2.27. The Hall–Kier alpha value is -0.790. The molecule has 0 radical (unpaired) electrons. The van der Waals surface area contributed by atoms with Crippen LogP contribution in [0.3, 0.4) is 0 Å². The van der Waals surface area contributed by atoms with Crippen LogP contribution in [0.5, 0.6) is 0 Å². The number of cyclic esters (lactones) is 1. The lowest BCUT2D eigenvalue weighted by atomic mass is 9.77. The van der Waals surface area contributed by atoms with Crippen LogP contribution in [0.15, 0.2) is 12.7 Å². The summed E-state index contributed by atoms with van der Waals surface area (Å²) in [4.78, 5) is 11.4. The van der Waals surface area contributed by atoms with Gasteiger partial charge >= 0.3 is 5.97 Å². The first-order valence-electron chi connectivity index (χ1n) is 4.41. The van der Waals surface area contributed by atoms with E-state index in [1.807, 2.05) is 20.8 Å². The van der Waals surface area contributed by atoms with E-state index >= 15 is 0 Å². The summed E-state index contributed by atoms with van der Waals surface area (Å²) in [7, 11) is 0. The third kappa shape index (κ3) is 1.06. The van der Waals surface area contributed by atoms with Gasteiger partial charge in [0, 0.05) is 5.92 Å². The second kappa shape index (κ2) is 2.92. The summed E-state index contributed by atoms with van der Waals surface area (Å²) in [5, 5.41) is 0. The molecule has 0 N–H and O–H groups in total. The summed E-state index contributed by atoms with van der Waals surface area (Å²) < 4.78 is 5.22. The summed E-state index contributed by atoms with van der Waals surface area (Å²) in [5.74, 6) is 0.115. The highest BCUT2D eigenvalue weighted by molar-refractivity contribution is 5.81. The van der Waals surface area contributed by atoms with Crippen molar-refractivity contribution < 1.29 is 9.53 Å². The normalized spacial score (nSPS) is 41.1. The lowest BCUT2D eigenvalue weighted by Gasteiger charge is -2.20. The summed E-state index contributed by atoms with van der Waals surface area (Å²) in [6, 6.07) is 0. The highest BCUT2D eigenvalue weighted by atomic mass is 16.6. The number of carbonyl (C=O) groups is 1. The predicted molar refractivity (Wildman–Crippen MR) is 47.6 cm³/mol. The molecule has 0 aromatic rings. The minimum Gasteiger partial charge on any atom is -0.461 e. The van der Waals surface area contributed by atoms with Crippen molar-refractivity contribution in [3.8, 4) is 0 Å². The maximum atomic E-state index is 11.4. The smallest absolute Gasteiger partial charge is 0.316 e. The van der Waals surface area contributed by atoms with Gasteiger partial charge in [-0.1, -0.05) is 19.9 Å². The van der Waals surface area contributed by atoms with Crippen LogP contribution in [-0.2, 0) is 9.53 Å². The van der Waals surface area contributed by atoms with Gasteiger partial charge in [-0.2, -0.15) is 0 Å². The first-order chi connectivity index (χ1) is 5.56. The summed E-state index contributed by atoms with van der Waals surface area (Å²) in [6.45, 7) is 9.65. The SMILES string of the molecule is C=C[C@@]1(C)C(=O)O[C@H](CC)[C@H]1C. The van der Waals surface area contributed by atoms with E-state index < -0.39 is 5.41 Å².